The molecule has 0 aliphatic carbocycles. The summed E-state index contributed by atoms with van der Waals surface area (Å²) < 4.78 is 12.8. The van der Waals surface area contributed by atoms with Crippen molar-refractivity contribution in [3.8, 4) is 0 Å². The molecule has 0 saturated carbocycles. The number of nitrogens with zero attached hydrogens (tertiary/aromatic N) is 2. The topological polar surface area (TPSA) is 45.2 Å². The predicted octanol–water partition coefficient (Wildman–Crippen LogP) is 2.73. The van der Waals surface area contributed by atoms with E-state index in [-0.39, 0.29) is 17.8 Å². The molecule has 6 heteroatoms. The van der Waals surface area contributed by atoms with Crippen LogP contribution in [0.15, 0.2) is 29.6 Å². The molecule has 1 N–H and O–H groups in total. The first-order valence-electron chi connectivity index (χ1n) is 7.09. The van der Waals surface area contributed by atoms with Gasteiger partial charge in [0.15, 0.2) is 0 Å². The molecule has 1 amide bonds. The predicted molar refractivity (Wildman–Crippen MR) is 86.0 cm³/mol. The van der Waals surface area contributed by atoms with Crippen LogP contribution in [-0.2, 0) is 17.9 Å². The van der Waals surface area contributed by atoms with Crippen LogP contribution in [0.5, 0.6) is 0 Å². The number of hydrogen-bond donors (Lipinski definition) is 1. The fourth-order valence-corrected chi connectivity index (χ4v) is 2.62. The third-order valence-electron chi connectivity index (χ3n) is 3.50. The van der Waals surface area contributed by atoms with Gasteiger partial charge in [0, 0.05) is 18.5 Å². The number of aromatic nitrogens is 1. The Morgan fingerprint density at radius 3 is 2.68 bits per heavy atom. The fourth-order valence-electron chi connectivity index (χ4n) is 2.01. The Hall–Kier alpha value is -1.79. The summed E-state index contributed by atoms with van der Waals surface area (Å²) in [6.07, 6.45) is 0. The summed E-state index contributed by atoms with van der Waals surface area (Å²) in [6.45, 7) is 4.86. The third kappa shape index (κ3) is 4.61. The van der Waals surface area contributed by atoms with Gasteiger partial charge in [-0.2, -0.15) is 0 Å². The van der Waals surface area contributed by atoms with Gasteiger partial charge in [0.05, 0.1) is 16.7 Å². The van der Waals surface area contributed by atoms with Crippen molar-refractivity contribution in [2.45, 2.75) is 33.0 Å². The molecule has 0 spiro atoms. The van der Waals surface area contributed by atoms with E-state index in [2.05, 4.69) is 10.3 Å². The van der Waals surface area contributed by atoms with Crippen LogP contribution in [0.2, 0.25) is 0 Å². The highest BCUT2D eigenvalue weighted by Crippen LogP contribution is 2.11. The zero-order valence-corrected chi connectivity index (χ0v) is 13.8. The zero-order valence-electron chi connectivity index (χ0n) is 13.0. The van der Waals surface area contributed by atoms with E-state index < -0.39 is 0 Å². The minimum Gasteiger partial charge on any atom is -0.351 e. The molecular weight excluding hydrogens is 301 g/mol. The van der Waals surface area contributed by atoms with E-state index in [0.29, 0.717) is 13.1 Å². The van der Waals surface area contributed by atoms with Crippen LogP contribution in [0, 0.1) is 12.7 Å². The summed E-state index contributed by atoms with van der Waals surface area (Å²) in [4.78, 5) is 18.5. The fraction of sp³-hybridized carbons (Fsp3) is 0.375. The van der Waals surface area contributed by atoms with Crippen molar-refractivity contribution in [2.24, 2.45) is 0 Å². The average molecular weight is 321 g/mol. The van der Waals surface area contributed by atoms with Crippen molar-refractivity contribution in [2.75, 3.05) is 7.05 Å². The van der Waals surface area contributed by atoms with E-state index >= 15 is 0 Å². The van der Waals surface area contributed by atoms with Gasteiger partial charge in [-0.1, -0.05) is 12.1 Å². The standard InChI is InChI=1S/C16H20FN3OS/c1-11(20(3)9-15-10-22-12(2)19-15)16(21)18-8-13-4-6-14(17)7-5-13/h4-7,10-11H,8-9H2,1-3H3,(H,18,21). The van der Waals surface area contributed by atoms with Crippen LogP contribution in [-0.4, -0.2) is 28.9 Å². The summed E-state index contributed by atoms with van der Waals surface area (Å²) in [5.41, 5.74) is 1.85. The van der Waals surface area contributed by atoms with Gasteiger partial charge in [-0.3, -0.25) is 9.69 Å². The molecule has 1 aromatic carbocycles. The molecular formula is C16H20FN3OS. The van der Waals surface area contributed by atoms with Gasteiger partial charge in [-0.25, -0.2) is 9.37 Å². The van der Waals surface area contributed by atoms with Crippen molar-refractivity contribution in [1.29, 1.82) is 0 Å². The van der Waals surface area contributed by atoms with Crippen molar-refractivity contribution < 1.29 is 9.18 Å². The van der Waals surface area contributed by atoms with Gasteiger partial charge in [0.1, 0.15) is 5.82 Å². The first-order valence-corrected chi connectivity index (χ1v) is 7.97. The number of aryl methyl sites for hydroxylation is 1. The Kier molecular flexibility index (Phi) is 5.63. The molecule has 4 nitrogen and oxygen atoms in total. The molecule has 0 bridgehead atoms. The van der Waals surface area contributed by atoms with Crippen LogP contribution in [0.4, 0.5) is 4.39 Å². The minimum absolute atomic E-state index is 0.0567. The molecule has 0 aliphatic rings. The first kappa shape index (κ1) is 16.6. The van der Waals surface area contributed by atoms with Crippen LogP contribution in [0.3, 0.4) is 0 Å². The number of thiazole rings is 1. The van der Waals surface area contributed by atoms with Gasteiger partial charge >= 0.3 is 0 Å². The largest absolute Gasteiger partial charge is 0.351 e. The maximum atomic E-state index is 12.8. The normalized spacial score (nSPS) is 12.4. The number of benzene rings is 1. The number of hydrogen-bond acceptors (Lipinski definition) is 4. The van der Waals surface area contributed by atoms with E-state index in [0.717, 1.165) is 16.3 Å². The van der Waals surface area contributed by atoms with Gasteiger partial charge in [0.2, 0.25) is 5.91 Å². The third-order valence-corrected chi connectivity index (χ3v) is 4.32. The van der Waals surface area contributed by atoms with Crippen LogP contribution in [0.1, 0.15) is 23.2 Å². The minimum atomic E-state index is -0.276. The molecule has 1 heterocycles. The zero-order chi connectivity index (χ0) is 16.1. The van der Waals surface area contributed by atoms with Crippen molar-refractivity contribution in [3.05, 3.63) is 51.7 Å². The molecule has 118 valence electrons. The molecule has 22 heavy (non-hydrogen) atoms. The Balaban J connectivity index is 1.84. The van der Waals surface area contributed by atoms with Crippen molar-refractivity contribution in [1.82, 2.24) is 15.2 Å². The van der Waals surface area contributed by atoms with Crippen molar-refractivity contribution >= 4 is 17.2 Å². The molecule has 0 fully saturated rings. The SMILES string of the molecule is Cc1nc(CN(C)C(C)C(=O)NCc2ccc(F)cc2)cs1. The second kappa shape index (κ2) is 7.47. The molecule has 0 saturated heterocycles. The molecule has 1 atom stereocenters. The number of carbonyl (C=O) groups excluding carboxylic acids is 1. The first-order chi connectivity index (χ1) is 10.5. The number of nitrogens with one attached hydrogen (secondary N) is 1. The highest BCUT2D eigenvalue weighted by molar-refractivity contribution is 7.09. The molecule has 2 rings (SSSR count). The Morgan fingerprint density at radius 2 is 2.09 bits per heavy atom. The highest BCUT2D eigenvalue weighted by atomic mass is 32.1. The van der Waals surface area contributed by atoms with Crippen LogP contribution < -0.4 is 5.32 Å². The van der Waals surface area contributed by atoms with E-state index in [1.807, 2.05) is 31.2 Å². The lowest BCUT2D eigenvalue weighted by Gasteiger charge is -2.23. The lowest BCUT2D eigenvalue weighted by molar-refractivity contribution is -0.125. The van der Waals surface area contributed by atoms with Gasteiger partial charge < -0.3 is 5.32 Å². The second-order valence-corrected chi connectivity index (χ2v) is 6.36. The molecule has 1 aromatic heterocycles. The van der Waals surface area contributed by atoms with Crippen LogP contribution in [0.25, 0.3) is 0 Å². The summed E-state index contributed by atoms with van der Waals surface area (Å²) in [5.74, 6) is -0.333. The smallest absolute Gasteiger partial charge is 0.237 e. The van der Waals surface area contributed by atoms with E-state index in [1.54, 1.807) is 23.5 Å². The van der Waals surface area contributed by atoms with E-state index in [9.17, 15) is 9.18 Å². The maximum absolute atomic E-state index is 12.8. The number of halogens is 1. The maximum Gasteiger partial charge on any atom is 0.237 e. The summed E-state index contributed by atoms with van der Waals surface area (Å²) >= 11 is 1.61. The average Bonchev–Trinajstić information content (AvgIpc) is 2.90. The number of rotatable bonds is 6. The van der Waals surface area contributed by atoms with Gasteiger partial charge in [-0.15, -0.1) is 11.3 Å². The van der Waals surface area contributed by atoms with Gasteiger partial charge in [0.25, 0.3) is 0 Å². The second-order valence-electron chi connectivity index (χ2n) is 5.29. The lowest BCUT2D eigenvalue weighted by atomic mass is 10.2. The summed E-state index contributed by atoms with van der Waals surface area (Å²) in [6, 6.07) is 5.86. The molecule has 0 aliphatic heterocycles. The van der Waals surface area contributed by atoms with E-state index in [4.69, 9.17) is 0 Å². The monoisotopic (exact) mass is 321 g/mol. The summed E-state index contributed by atoms with van der Waals surface area (Å²) in [5, 5.41) is 5.90. The molecule has 1 unspecified atom stereocenters. The molecule has 0 radical (unpaired) electrons. The summed E-state index contributed by atoms with van der Waals surface area (Å²) in [7, 11) is 1.90. The number of carbonyl (C=O) groups is 1. The molecule has 2 aromatic rings. The Morgan fingerprint density at radius 1 is 1.41 bits per heavy atom. The number of amides is 1. The van der Waals surface area contributed by atoms with Gasteiger partial charge in [-0.05, 0) is 38.6 Å². The lowest BCUT2D eigenvalue weighted by Crippen LogP contribution is -2.42. The van der Waals surface area contributed by atoms with Crippen molar-refractivity contribution in [3.63, 3.8) is 0 Å². The number of likely N-dealkylation sites (N-methyl/N-ethyl adjacent to an activating group) is 1. The quantitative estimate of drug-likeness (QED) is 0.890. The Labute approximate surface area is 134 Å². The Bertz CT molecular complexity index is 627. The van der Waals surface area contributed by atoms with Crippen LogP contribution >= 0.6 is 11.3 Å². The highest BCUT2D eigenvalue weighted by Gasteiger charge is 2.18. The van der Waals surface area contributed by atoms with E-state index in [1.165, 1.54) is 12.1 Å².